The third-order valence-corrected chi connectivity index (χ3v) is 6.01. The smallest absolute Gasteiger partial charge is 0.329 e. The molecule has 10 heteroatoms. The zero-order valence-electron chi connectivity index (χ0n) is 16.3. The summed E-state index contributed by atoms with van der Waals surface area (Å²) in [7, 11) is 0. The van der Waals surface area contributed by atoms with Crippen LogP contribution in [0.15, 0.2) is 48.4 Å². The number of hydrogen-bond donors (Lipinski definition) is 1. The average molecular weight is 507 g/mol. The molecule has 0 unspecified atom stereocenters. The van der Waals surface area contributed by atoms with E-state index in [1.807, 2.05) is 13.0 Å². The Morgan fingerprint density at radius 3 is 2.50 bits per heavy atom. The number of thiol groups is 1. The van der Waals surface area contributed by atoms with E-state index >= 15 is 0 Å². The molecule has 5 nitrogen and oxygen atoms in total. The molecule has 0 spiro atoms. The first-order chi connectivity index (χ1) is 14.5. The van der Waals surface area contributed by atoms with Gasteiger partial charge in [0, 0.05) is 34.6 Å². The molecule has 0 fully saturated rings. The van der Waals surface area contributed by atoms with Gasteiger partial charge in [-0.2, -0.15) is 12.6 Å². The standard InChI is InChI=1S/C15H16Cl3N3O2.C5H6S2/c1-2-4-20(15(22)21-5-3-19-10-21)6-7-23-14-12(17)8-11(16)9-13(14)18;6-4-5-2-1-3-7-5/h3,5,8-10H,2,4,6-7H2,1H3;1-3,6H,4H2. The number of amides is 1. The van der Waals surface area contributed by atoms with Crippen molar-refractivity contribution in [2.24, 2.45) is 0 Å². The molecule has 1 aromatic carbocycles. The van der Waals surface area contributed by atoms with Crippen LogP contribution in [0, 0.1) is 0 Å². The molecule has 1 amide bonds. The summed E-state index contributed by atoms with van der Waals surface area (Å²) in [5, 5.41) is 3.18. The van der Waals surface area contributed by atoms with Gasteiger partial charge >= 0.3 is 6.03 Å². The number of rotatable bonds is 7. The highest BCUT2D eigenvalue weighted by atomic mass is 35.5. The molecule has 30 heavy (non-hydrogen) atoms. The van der Waals surface area contributed by atoms with Gasteiger partial charge in [0.1, 0.15) is 12.9 Å². The normalized spacial score (nSPS) is 10.3. The molecule has 2 aromatic heterocycles. The van der Waals surface area contributed by atoms with Gasteiger partial charge in [-0.3, -0.25) is 4.57 Å². The lowest BCUT2D eigenvalue weighted by atomic mass is 10.3. The number of thiophene rings is 1. The lowest BCUT2D eigenvalue weighted by Crippen LogP contribution is -2.37. The zero-order valence-corrected chi connectivity index (χ0v) is 20.3. The Balaban J connectivity index is 0.000000386. The predicted octanol–water partition coefficient (Wildman–Crippen LogP) is 6.78. The van der Waals surface area contributed by atoms with E-state index in [2.05, 4.69) is 29.1 Å². The quantitative estimate of drug-likeness (QED) is 0.359. The minimum Gasteiger partial charge on any atom is -0.489 e. The molecule has 0 aliphatic carbocycles. The van der Waals surface area contributed by atoms with Crippen molar-refractivity contribution in [1.29, 1.82) is 0 Å². The third kappa shape index (κ3) is 7.71. The summed E-state index contributed by atoms with van der Waals surface area (Å²) in [6.07, 6.45) is 5.48. The molecule has 0 bridgehead atoms. The van der Waals surface area contributed by atoms with Gasteiger partial charge < -0.3 is 9.64 Å². The first kappa shape index (κ1) is 24.9. The number of hydrogen-bond acceptors (Lipinski definition) is 5. The molecule has 2 heterocycles. The van der Waals surface area contributed by atoms with Crippen LogP contribution in [0.4, 0.5) is 4.79 Å². The fourth-order valence-electron chi connectivity index (χ4n) is 2.44. The summed E-state index contributed by atoms with van der Waals surface area (Å²) < 4.78 is 7.05. The highest BCUT2D eigenvalue weighted by Crippen LogP contribution is 2.35. The molecule has 0 aliphatic rings. The summed E-state index contributed by atoms with van der Waals surface area (Å²) in [5.41, 5.74) is 0. The molecule has 3 aromatic rings. The first-order valence-corrected chi connectivity index (χ1v) is 11.8. The maximum absolute atomic E-state index is 12.3. The Hall–Kier alpha value is -1.38. The van der Waals surface area contributed by atoms with Crippen molar-refractivity contribution in [3.8, 4) is 5.75 Å². The molecule has 0 aliphatic heterocycles. The molecular weight excluding hydrogens is 485 g/mol. The molecule has 3 rings (SSSR count). The molecule has 0 radical (unpaired) electrons. The van der Waals surface area contributed by atoms with Crippen molar-refractivity contribution in [3.63, 3.8) is 0 Å². The lowest BCUT2D eigenvalue weighted by molar-refractivity contribution is 0.184. The number of benzene rings is 1. The van der Waals surface area contributed by atoms with Crippen LogP contribution >= 0.6 is 58.8 Å². The minimum absolute atomic E-state index is 0.152. The third-order valence-electron chi connectivity index (χ3n) is 3.80. The van der Waals surface area contributed by atoms with Crippen LogP contribution in [0.5, 0.6) is 5.75 Å². The van der Waals surface area contributed by atoms with E-state index in [1.165, 1.54) is 15.8 Å². The van der Waals surface area contributed by atoms with Crippen LogP contribution in [-0.2, 0) is 5.75 Å². The van der Waals surface area contributed by atoms with Crippen molar-refractivity contribution < 1.29 is 9.53 Å². The van der Waals surface area contributed by atoms with Gasteiger partial charge in [0.05, 0.1) is 16.6 Å². The second-order valence-corrected chi connectivity index (χ2v) is 8.62. The van der Waals surface area contributed by atoms with E-state index in [0.29, 0.717) is 33.9 Å². The molecule has 0 atom stereocenters. The number of imidazole rings is 1. The van der Waals surface area contributed by atoms with Crippen LogP contribution in [0.2, 0.25) is 15.1 Å². The average Bonchev–Trinajstić information content (AvgIpc) is 3.43. The number of aromatic nitrogens is 2. The second kappa shape index (κ2) is 13.1. The number of nitrogens with zero attached hydrogens (tertiary/aromatic N) is 3. The van der Waals surface area contributed by atoms with Gasteiger partial charge in [-0.15, -0.1) is 11.3 Å². The number of ether oxygens (including phenoxy) is 1. The van der Waals surface area contributed by atoms with E-state index in [-0.39, 0.29) is 12.6 Å². The molecule has 0 saturated carbocycles. The van der Waals surface area contributed by atoms with Gasteiger partial charge in [-0.1, -0.05) is 47.8 Å². The Morgan fingerprint density at radius 2 is 2.00 bits per heavy atom. The maximum atomic E-state index is 12.3. The van der Waals surface area contributed by atoms with Gasteiger partial charge in [-0.05, 0) is 30.0 Å². The van der Waals surface area contributed by atoms with Crippen LogP contribution < -0.4 is 4.74 Å². The summed E-state index contributed by atoms with van der Waals surface area (Å²) in [4.78, 5) is 19.2. The minimum atomic E-state index is -0.152. The Morgan fingerprint density at radius 1 is 1.27 bits per heavy atom. The molecule has 162 valence electrons. The van der Waals surface area contributed by atoms with Crippen molar-refractivity contribution in [3.05, 3.63) is 68.3 Å². The Kier molecular flexibility index (Phi) is 10.9. The maximum Gasteiger partial charge on any atom is 0.329 e. The fourth-order valence-corrected chi connectivity index (χ4v) is 4.25. The predicted molar refractivity (Wildman–Crippen MR) is 129 cm³/mol. The van der Waals surface area contributed by atoms with E-state index in [4.69, 9.17) is 39.5 Å². The highest BCUT2D eigenvalue weighted by Gasteiger charge is 2.15. The van der Waals surface area contributed by atoms with Crippen LogP contribution in [0.25, 0.3) is 0 Å². The molecule has 0 N–H and O–H groups in total. The number of carbonyl (C=O) groups is 1. The van der Waals surface area contributed by atoms with Crippen molar-refractivity contribution >= 4 is 64.8 Å². The topological polar surface area (TPSA) is 47.4 Å². The van der Waals surface area contributed by atoms with E-state index in [9.17, 15) is 4.79 Å². The van der Waals surface area contributed by atoms with Crippen molar-refractivity contribution in [2.75, 3.05) is 19.7 Å². The van der Waals surface area contributed by atoms with Crippen LogP contribution in [0.1, 0.15) is 18.2 Å². The SMILES string of the molecule is CCCN(CCOc1c(Cl)cc(Cl)cc1Cl)C(=O)n1ccnc1.SCc1cccs1. The largest absolute Gasteiger partial charge is 0.489 e. The Labute approximate surface area is 200 Å². The van der Waals surface area contributed by atoms with Gasteiger partial charge in [0.2, 0.25) is 0 Å². The zero-order chi connectivity index (χ0) is 21.9. The molecule has 0 saturated heterocycles. The summed E-state index contributed by atoms with van der Waals surface area (Å²) in [5.74, 6) is 1.24. The first-order valence-electron chi connectivity index (χ1n) is 9.14. The lowest BCUT2D eigenvalue weighted by Gasteiger charge is -2.22. The highest BCUT2D eigenvalue weighted by molar-refractivity contribution is 7.79. The van der Waals surface area contributed by atoms with Gasteiger partial charge in [-0.25, -0.2) is 9.78 Å². The van der Waals surface area contributed by atoms with Gasteiger partial charge in [0.25, 0.3) is 0 Å². The molecular formula is C20H22Cl3N3O2S2. The summed E-state index contributed by atoms with van der Waals surface area (Å²) in [6, 6.07) is 7.09. The van der Waals surface area contributed by atoms with E-state index in [1.54, 1.807) is 40.8 Å². The van der Waals surface area contributed by atoms with Gasteiger partial charge in [0.15, 0.2) is 5.75 Å². The van der Waals surface area contributed by atoms with Crippen molar-refractivity contribution in [2.45, 2.75) is 19.1 Å². The number of halogens is 3. The van der Waals surface area contributed by atoms with Crippen molar-refractivity contribution in [1.82, 2.24) is 14.5 Å². The van der Waals surface area contributed by atoms with E-state index in [0.717, 1.165) is 12.2 Å². The summed E-state index contributed by atoms with van der Waals surface area (Å²) >= 11 is 23.8. The van der Waals surface area contributed by atoms with Crippen LogP contribution in [0.3, 0.4) is 0 Å². The monoisotopic (exact) mass is 505 g/mol. The summed E-state index contributed by atoms with van der Waals surface area (Å²) in [6.45, 7) is 3.28. The van der Waals surface area contributed by atoms with E-state index < -0.39 is 0 Å². The van der Waals surface area contributed by atoms with Crippen LogP contribution in [-0.4, -0.2) is 40.2 Å². The Bertz CT molecular complexity index is 883. The second-order valence-electron chi connectivity index (χ2n) is 6.02. The number of carbonyl (C=O) groups excluding carboxylic acids is 1. The fraction of sp³-hybridized carbons (Fsp3) is 0.300.